The third-order valence-corrected chi connectivity index (χ3v) is 8.07. The van der Waals surface area contributed by atoms with Crippen LogP contribution in [-0.4, -0.2) is 36.0 Å². The van der Waals surface area contributed by atoms with Gasteiger partial charge in [0.2, 0.25) is 0 Å². The van der Waals surface area contributed by atoms with Crippen LogP contribution >= 0.6 is 15.9 Å². The van der Waals surface area contributed by atoms with E-state index in [2.05, 4.69) is 46.1 Å². The van der Waals surface area contributed by atoms with Gasteiger partial charge in [-0.25, -0.2) is 0 Å². The Kier molecular flexibility index (Phi) is 3.17. The van der Waals surface area contributed by atoms with Crippen LogP contribution in [0.5, 0.6) is 5.75 Å². The highest BCUT2D eigenvalue weighted by atomic mass is 79.9. The number of piperidine rings is 1. The van der Waals surface area contributed by atoms with Crippen molar-refractivity contribution in [2.24, 2.45) is 0 Å². The van der Waals surface area contributed by atoms with Crippen LogP contribution in [0.25, 0.3) is 0 Å². The number of hydrogen-bond acceptors (Lipinski definition) is 2. The molecule has 1 aromatic carbocycles. The van der Waals surface area contributed by atoms with Crippen molar-refractivity contribution in [1.29, 1.82) is 0 Å². The summed E-state index contributed by atoms with van der Waals surface area (Å²) < 4.78 is 5.78. The number of hydrogen-bond donors (Lipinski definition) is 0. The van der Waals surface area contributed by atoms with Crippen molar-refractivity contribution in [2.75, 3.05) is 20.7 Å². The Labute approximate surface area is 136 Å². The Morgan fingerprint density at radius 1 is 1.24 bits per heavy atom. The Balaban J connectivity index is 1.94. The van der Waals surface area contributed by atoms with Gasteiger partial charge < -0.3 is 9.64 Å². The monoisotopic (exact) mass is 349 g/mol. The minimum atomic E-state index is 0.255. The van der Waals surface area contributed by atoms with E-state index in [4.69, 9.17) is 4.74 Å². The SMILES string of the molecule is COc1ccc2c(c1)[C@@]13CCCC[C@@]1(Br)[C@H](C2)N(C)CC3. The first kappa shape index (κ1) is 14.1. The lowest BCUT2D eigenvalue weighted by molar-refractivity contribution is 0.0316. The molecular formula is C18H24BrNO. The zero-order valence-electron chi connectivity index (χ0n) is 13.0. The molecule has 1 heterocycles. The van der Waals surface area contributed by atoms with E-state index in [0.717, 1.165) is 5.75 Å². The van der Waals surface area contributed by atoms with Gasteiger partial charge in [0.05, 0.1) is 11.4 Å². The van der Waals surface area contributed by atoms with Gasteiger partial charge in [0.15, 0.2) is 0 Å². The largest absolute Gasteiger partial charge is 0.497 e. The van der Waals surface area contributed by atoms with E-state index in [1.165, 1.54) is 45.1 Å². The van der Waals surface area contributed by atoms with E-state index in [9.17, 15) is 0 Å². The van der Waals surface area contributed by atoms with E-state index in [0.29, 0.717) is 11.5 Å². The lowest BCUT2D eigenvalue weighted by Crippen LogP contribution is -2.68. The molecule has 2 fully saturated rings. The minimum absolute atomic E-state index is 0.255. The Bertz CT molecular complexity index is 574. The Morgan fingerprint density at radius 2 is 2.05 bits per heavy atom. The molecule has 1 aliphatic heterocycles. The summed E-state index contributed by atoms with van der Waals surface area (Å²) in [7, 11) is 4.09. The molecule has 4 rings (SSSR count). The Morgan fingerprint density at radius 3 is 2.86 bits per heavy atom. The average Bonchev–Trinajstić information content (AvgIpc) is 2.50. The maximum atomic E-state index is 5.52. The maximum Gasteiger partial charge on any atom is 0.119 e. The summed E-state index contributed by atoms with van der Waals surface area (Å²) in [6.45, 7) is 1.22. The molecule has 1 saturated carbocycles. The minimum Gasteiger partial charge on any atom is -0.497 e. The van der Waals surface area contributed by atoms with Gasteiger partial charge in [0.25, 0.3) is 0 Å². The van der Waals surface area contributed by atoms with Crippen molar-refractivity contribution in [2.45, 2.75) is 54.3 Å². The second kappa shape index (κ2) is 4.73. The summed E-state index contributed by atoms with van der Waals surface area (Å²) in [5, 5.41) is 0. The summed E-state index contributed by atoms with van der Waals surface area (Å²) in [5.41, 5.74) is 3.43. The van der Waals surface area contributed by atoms with Gasteiger partial charge in [-0.3, -0.25) is 0 Å². The number of alkyl halides is 1. The molecule has 2 aliphatic carbocycles. The number of benzene rings is 1. The lowest BCUT2D eigenvalue weighted by Gasteiger charge is -2.63. The highest BCUT2D eigenvalue weighted by Gasteiger charge is 2.62. The molecule has 0 radical (unpaired) electrons. The molecule has 21 heavy (non-hydrogen) atoms. The number of likely N-dealkylation sites (N-methyl/N-ethyl adjacent to an activating group) is 1. The highest BCUT2D eigenvalue weighted by Crippen LogP contribution is 2.62. The predicted molar refractivity (Wildman–Crippen MR) is 89.5 cm³/mol. The lowest BCUT2D eigenvalue weighted by atomic mass is 9.52. The van der Waals surface area contributed by atoms with Crippen LogP contribution in [0.4, 0.5) is 0 Å². The molecule has 3 heteroatoms. The van der Waals surface area contributed by atoms with Crippen molar-refractivity contribution in [3.05, 3.63) is 29.3 Å². The van der Waals surface area contributed by atoms with Gasteiger partial charge in [-0.2, -0.15) is 0 Å². The first-order chi connectivity index (χ1) is 10.1. The topological polar surface area (TPSA) is 12.5 Å². The summed E-state index contributed by atoms with van der Waals surface area (Å²) in [4.78, 5) is 2.59. The third-order valence-electron chi connectivity index (χ3n) is 6.39. The molecule has 0 N–H and O–H groups in total. The van der Waals surface area contributed by atoms with Gasteiger partial charge in [-0.05, 0) is 62.5 Å². The molecule has 1 aromatic rings. The first-order valence-corrected chi connectivity index (χ1v) is 8.97. The Hall–Kier alpha value is -0.540. The fraction of sp³-hybridized carbons (Fsp3) is 0.667. The summed E-state index contributed by atoms with van der Waals surface area (Å²) in [6, 6.07) is 7.41. The van der Waals surface area contributed by atoms with Crippen LogP contribution in [0.2, 0.25) is 0 Å². The normalized spacial score (nSPS) is 38.5. The molecule has 114 valence electrons. The standard InChI is InChI=1S/C18H24BrNO/c1-20-10-9-17-7-3-4-8-18(17,19)16(20)11-13-5-6-14(21-2)12-15(13)17/h5-6,12,16H,3-4,7-11H2,1-2H3/t16-,17-,18+/m0/s1. The fourth-order valence-corrected chi connectivity index (χ4v) is 6.67. The molecule has 2 nitrogen and oxygen atoms in total. The van der Waals surface area contributed by atoms with Gasteiger partial charge in [0.1, 0.15) is 5.75 Å². The predicted octanol–water partition coefficient (Wildman–Crippen LogP) is 3.90. The number of nitrogens with zero attached hydrogens (tertiary/aromatic N) is 1. The molecule has 0 amide bonds. The van der Waals surface area contributed by atoms with Crippen molar-refractivity contribution in [3.8, 4) is 5.75 Å². The van der Waals surface area contributed by atoms with E-state index >= 15 is 0 Å². The van der Waals surface area contributed by atoms with Gasteiger partial charge >= 0.3 is 0 Å². The van der Waals surface area contributed by atoms with Crippen LogP contribution in [0.15, 0.2) is 18.2 Å². The van der Waals surface area contributed by atoms with E-state index in [1.807, 2.05) is 0 Å². The fourth-order valence-electron chi connectivity index (χ4n) is 5.27. The number of ether oxygens (including phenoxy) is 1. The maximum absolute atomic E-state index is 5.52. The van der Waals surface area contributed by atoms with Crippen LogP contribution in [0.3, 0.4) is 0 Å². The number of likely N-dealkylation sites (tertiary alicyclic amines) is 1. The van der Waals surface area contributed by atoms with Crippen LogP contribution in [-0.2, 0) is 11.8 Å². The second-order valence-electron chi connectivity index (χ2n) is 7.13. The van der Waals surface area contributed by atoms with E-state index < -0.39 is 0 Å². The number of fused-ring (bicyclic) bond motifs is 1. The summed E-state index contributed by atoms with van der Waals surface area (Å²) in [5.74, 6) is 1.01. The molecule has 0 aromatic heterocycles. The summed E-state index contributed by atoms with van der Waals surface area (Å²) >= 11 is 4.28. The quantitative estimate of drug-likeness (QED) is 0.713. The van der Waals surface area contributed by atoms with Crippen LogP contribution in [0.1, 0.15) is 43.2 Å². The highest BCUT2D eigenvalue weighted by molar-refractivity contribution is 9.10. The van der Waals surface area contributed by atoms with Gasteiger partial charge in [-0.1, -0.05) is 34.8 Å². The second-order valence-corrected chi connectivity index (χ2v) is 8.54. The van der Waals surface area contributed by atoms with Crippen molar-refractivity contribution >= 4 is 15.9 Å². The molecule has 0 spiro atoms. The zero-order valence-corrected chi connectivity index (χ0v) is 14.6. The molecule has 3 atom stereocenters. The van der Waals surface area contributed by atoms with Crippen LogP contribution < -0.4 is 4.74 Å². The van der Waals surface area contributed by atoms with Gasteiger partial charge in [-0.15, -0.1) is 0 Å². The van der Waals surface area contributed by atoms with Gasteiger partial charge in [0, 0.05) is 11.5 Å². The van der Waals surface area contributed by atoms with Crippen molar-refractivity contribution < 1.29 is 4.74 Å². The molecular weight excluding hydrogens is 326 g/mol. The van der Waals surface area contributed by atoms with Crippen LogP contribution in [0, 0.1) is 0 Å². The van der Waals surface area contributed by atoms with Crippen molar-refractivity contribution in [1.82, 2.24) is 4.90 Å². The average molecular weight is 350 g/mol. The molecule has 3 aliphatic rings. The molecule has 1 saturated heterocycles. The number of methoxy groups -OCH3 is 1. The third kappa shape index (κ3) is 1.74. The number of rotatable bonds is 1. The smallest absolute Gasteiger partial charge is 0.119 e. The number of halogens is 1. The van der Waals surface area contributed by atoms with E-state index in [-0.39, 0.29) is 4.32 Å². The molecule has 0 unspecified atom stereocenters. The zero-order chi connectivity index (χ0) is 14.7. The van der Waals surface area contributed by atoms with Crippen molar-refractivity contribution in [3.63, 3.8) is 0 Å². The molecule has 2 bridgehead atoms. The van der Waals surface area contributed by atoms with E-state index in [1.54, 1.807) is 18.2 Å². The summed E-state index contributed by atoms with van der Waals surface area (Å²) in [6.07, 6.45) is 7.78. The first-order valence-electron chi connectivity index (χ1n) is 8.17.